The Hall–Kier alpha value is -2.24. The fraction of sp³-hybridized carbons (Fsp3) is 0.714. The third-order valence-corrected chi connectivity index (χ3v) is 3.74. The number of aliphatic hydroxyl groups excluding tert-OH is 1. The number of carbonyl (C=O) groups excluding carboxylic acids is 4. The SMILES string of the molecule is CC(=O)OC[C@H]1O[C@H](OC(C)=O)[C@@H]2OC(=O)[C@@H](O)[C@]2(O)[C@@H]1OC(C)=O. The van der Waals surface area contributed by atoms with Crippen molar-refractivity contribution < 1.29 is 53.1 Å². The largest absolute Gasteiger partial charge is 0.463 e. The van der Waals surface area contributed by atoms with E-state index in [1.54, 1.807) is 0 Å². The van der Waals surface area contributed by atoms with Gasteiger partial charge in [-0.25, -0.2) is 4.79 Å². The van der Waals surface area contributed by atoms with E-state index in [1.807, 2.05) is 0 Å². The van der Waals surface area contributed by atoms with E-state index in [1.165, 1.54) is 0 Å². The molecular formula is C14H18O11. The van der Waals surface area contributed by atoms with Crippen molar-refractivity contribution in [3.8, 4) is 0 Å². The van der Waals surface area contributed by atoms with E-state index in [0.29, 0.717) is 0 Å². The summed E-state index contributed by atoms with van der Waals surface area (Å²) in [5.74, 6) is -3.57. The standard InChI is InChI=1S/C14H18O11/c1-5(15)21-4-8-10(22-6(2)16)14(20)9(18)12(19)25-11(14)13(24-8)23-7(3)17/h8-11,13,18,20H,4H2,1-3H3/t8-,9-,10-,11+,13+,14+/m1/s1. The fourth-order valence-corrected chi connectivity index (χ4v) is 2.76. The van der Waals surface area contributed by atoms with Crippen LogP contribution < -0.4 is 0 Å². The molecule has 2 rings (SSSR count). The number of hydrogen-bond donors (Lipinski definition) is 2. The molecule has 140 valence electrons. The topological polar surface area (TPSA) is 155 Å². The normalized spacial score (nSPS) is 36.8. The summed E-state index contributed by atoms with van der Waals surface area (Å²) >= 11 is 0. The predicted octanol–water partition coefficient (Wildman–Crippen LogP) is -2.21. The zero-order valence-corrected chi connectivity index (χ0v) is 13.7. The first-order valence-corrected chi connectivity index (χ1v) is 7.31. The molecule has 0 aliphatic carbocycles. The van der Waals surface area contributed by atoms with Crippen molar-refractivity contribution in [3.63, 3.8) is 0 Å². The van der Waals surface area contributed by atoms with Gasteiger partial charge in [0.25, 0.3) is 0 Å². The summed E-state index contributed by atoms with van der Waals surface area (Å²) in [6, 6.07) is 0. The van der Waals surface area contributed by atoms with Crippen LogP contribution in [0.3, 0.4) is 0 Å². The molecule has 0 amide bonds. The molecule has 0 radical (unpaired) electrons. The van der Waals surface area contributed by atoms with Crippen molar-refractivity contribution in [2.75, 3.05) is 6.61 Å². The van der Waals surface area contributed by atoms with Crippen molar-refractivity contribution in [1.82, 2.24) is 0 Å². The van der Waals surface area contributed by atoms with E-state index in [-0.39, 0.29) is 0 Å². The molecule has 2 N–H and O–H groups in total. The maximum Gasteiger partial charge on any atom is 0.338 e. The van der Waals surface area contributed by atoms with Crippen molar-refractivity contribution in [1.29, 1.82) is 0 Å². The minimum absolute atomic E-state index is 0.499. The van der Waals surface area contributed by atoms with E-state index in [4.69, 9.17) is 23.7 Å². The Bertz CT molecular complexity index is 587. The molecule has 2 saturated heterocycles. The van der Waals surface area contributed by atoms with Crippen LogP contribution in [0.15, 0.2) is 0 Å². The van der Waals surface area contributed by atoms with E-state index < -0.39 is 66.8 Å². The smallest absolute Gasteiger partial charge is 0.338 e. The maximum atomic E-state index is 11.7. The quantitative estimate of drug-likeness (QED) is 0.413. The number of carbonyl (C=O) groups is 4. The molecule has 0 bridgehead atoms. The number of aliphatic hydroxyl groups is 2. The van der Waals surface area contributed by atoms with Gasteiger partial charge >= 0.3 is 23.9 Å². The minimum Gasteiger partial charge on any atom is -0.463 e. The van der Waals surface area contributed by atoms with Crippen LogP contribution in [0.4, 0.5) is 0 Å². The summed E-state index contributed by atoms with van der Waals surface area (Å²) in [6.07, 6.45) is -8.29. The summed E-state index contributed by atoms with van der Waals surface area (Å²) in [5, 5.41) is 21.0. The van der Waals surface area contributed by atoms with Crippen LogP contribution in [0.5, 0.6) is 0 Å². The van der Waals surface area contributed by atoms with Crippen molar-refractivity contribution in [2.45, 2.75) is 57.1 Å². The molecule has 0 aromatic heterocycles. The molecule has 11 heteroatoms. The lowest BCUT2D eigenvalue weighted by Crippen LogP contribution is -2.70. The molecule has 25 heavy (non-hydrogen) atoms. The Kier molecular flexibility index (Phi) is 5.30. The highest BCUT2D eigenvalue weighted by Crippen LogP contribution is 2.41. The lowest BCUT2D eigenvalue weighted by Gasteiger charge is -2.46. The third-order valence-electron chi connectivity index (χ3n) is 3.74. The molecule has 11 nitrogen and oxygen atoms in total. The van der Waals surface area contributed by atoms with E-state index in [0.717, 1.165) is 20.8 Å². The summed E-state index contributed by atoms with van der Waals surface area (Å²) in [6.45, 7) is 2.70. The third kappa shape index (κ3) is 3.57. The average Bonchev–Trinajstić information content (AvgIpc) is 2.72. The van der Waals surface area contributed by atoms with Gasteiger partial charge in [-0.2, -0.15) is 0 Å². The highest BCUT2D eigenvalue weighted by Gasteiger charge is 2.70. The first-order valence-electron chi connectivity index (χ1n) is 7.31. The Morgan fingerprint density at radius 3 is 2.24 bits per heavy atom. The highest BCUT2D eigenvalue weighted by atomic mass is 16.7. The molecule has 0 aromatic carbocycles. The number of ether oxygens (including phenoxy) is 5. The number of hydrogen-bond acceptors (Lipinski definition) is 11. The van der Waals surface area contributed by atoms with Gasteiger partial charge in [0, 0.05) is 20.8 Å². The molecule has 0 aromatic rings. The summed E-state index contributed by atoms with van der Waals surface area (Å²) in [5.41, 5.74) is -2.47. The Morgan fingerprint density at radius 1 is 1.12 bits per heavy atom. The Morgan fingerprint density at radius 2 is 1.72 bits per heavy atom. The second kappa shape index (κ2) is 6.94. The van der Waals surface area contributed by atoms with E-state index >= 15 is 0 Å². The molecule has 2 fully saturated rings. The highest BCUT2D eigenvalue weighted by molar-refractivity contribution is 5.80. The number of esters is 4. The van der Waals surface area contributed by atoms with Gasteiger partial charge in [0.2, 0.25) is 6.29 Å². The van der Waals surface area contributed by atoms with Gasteiger partial charge in [-0.3, -0.25) is 14.4 Å². The molecule has 2 heterocycles. The molecule has 0 unspecified atom stereocenters. The van der Waals surface area contributed by atoms with Gasteiger partial charge in [-0.1, -0.05) is 0 Å². The second-order valence-electron chi connectivity index (χ2n) is 5.63. The lowest BCUT2D eigenvalue weighted by atomic mass is 9.81. The van der Waals surface area contributed by atoms with Crippen LogP contribution in [0.1, 0.15) is 20.8 Å². The summed E-state index contributed by atoms with van der Waals surface area (Å²) in [4.78, 5) is 45.4. The van der Waals surface area contributed by atoms with Crippen LogP contribution >= 0.6 is 0 Å². The van der Waals surface area contributed by atoms with Crippen LogP contribution in [-0.2, 0) is 42.9 Å². The fourth-order valence-electron chi connectivity index (χ4n) is 2.76. The monoisotopic (exact) mass is 362 g/mol. The minimum atomic E-state index is -2.47. The first-order chi connectivity index (χ1) is 11.6. The van der Waals surface area contributed by atoms with E-state index in [2.05, 4.69) is 0 Å². The molecule has 2 aliphatic heterocycles. The van der Waals surface area contributed by atoms with Crippen LogP contribution in [-0.4, -0.2) is 77.0 Å². The lowest BCUT2D eigenvalue weighted by molar-refractivity contribution is -0.320. The van der Waals surface area contributed by atoms with Gasteiger partial charge in [0.05, 0.1) is 0 Å². The van der Waals surface area contributed by atoms with Crippen molar-refractivity contribution in [2.24, 2.45) is 0 Å². The number of rotatable bonds is 4. The first kappa shape index (κ1) is 19.1. The zero-order valence-electron chi connectivity index (χ0n) is 13.7. The van der Waals surface area contributed by atoms with Gasteiger partial charge in [-0.15, -0.1) is 0 Å². The van der Waals surface area contributed by atoms with Gasteiger partial charge in [0.1, 0.15) is 12.7 Å². The molecule has 6 atom stereocenters. The predicted molar refractivity (Wildman–Crippen MR) is 73.5 cm³/mol. The van der Waals surface area contributed by atoms with Gasteiger partial charge < -0.3 is 33.9 Å². The Labute approximate surface area is 141 Å². The molecular weight excluding hydrogens is 344 g/mol. The number of fused-ring (bicyclic) bond motifs is 1. The van der Waals surface area contributed by atoms with Crippen LogP contribution in [0, 0.1) is 0 Å². The molecule has 0 saturated carbocycles. The zero-order chi connectivity index (χ0) is 18.9. The van der Waals surface area contributed by atoms with Crippen LogP contribution in [0.2, 0.25) is 0 Å². The average molecular weight is 362 g/mol. The Balaban J connectivity index is 2.41. The summed E-state index contributed by atoms with van der Waals surface area (Å²) in [7, 11) is 0. The summed E-state index contributed by atoms with van der Waals surface area (Å²) < 4.78 is 24.9. The van der Waals surface area contributed by atoms with Crippen molar-refractivity contribution in [3.05, 3.63) is 0 Å². The maximum absolute atomic E-state index is 11.7. The van der Waals surface area contributed by atoms with E-state index in [9.17, 15) is 29.4 Å². The second-order valence-corrected chi connectivity index (χ2v) is 5.63. The van der Waals surface area contributed by atoms with Gasteiger partial charge in [0.15, 0.2) is 23.9 Å². The van der Waals surface area contributed by atoms with Gasteiger partial charge in [-0.05, 0) is 0 Å². The molecule has 0 spiro atoms. The van der Waals surface area contributed by atoms with Crippen molar-refractivity contribution >= 4 is 23.9 Å². The molecule has 2 aliphatic rings. The van der Waals surface area contributed by atoms with Crippen LogP contribution in [0.25, 0.3) is 0 Å².